The predicted octanol–water partition coefficient (Wildman–Crippen LogP) is 1.25. The first kappa shape index (κ1) is 17.4. The summed E-state index contributed by atoms with van der Waals surface area (Å²) >= 11 is 0. The molecule has 0 amide bonds. The van der Waals surface area contributed by atoms with Gasteiger partial charge in [0.05, 0.1) is 0 Å². The number of carbonyl (C=O) groups is 1. The lowest BCUT2D eigenvalue weighted by molar-refractivity contribution is -0.144. The molecular formula is C15H31N3O2. The summed E-state index contributed by atoms with van der Waals surface area (Å²) in [7, 11) is 3.93. The molecule has 1 saturated heterocycles. The highest BCUT2D eigenvalue weighted by Crippen LogP contribution is 2.15. The van der Waals surface area contributed by atoms with E-state index in [2.05, 4.69) is 29.1 Å². The van der Waals surface area contributed by atoms with Crippen LogP contribution in [0.1, 0.15) is 39.5 Å². The first-order valence-electron chi connectivity index (χ1n) is 7.78. The number of carboxylic acid groups (broad SMARTS) is 1. The Morgan fingerprint density at radius 3 is 2.65 bits per heavy atom. The number of nitrogens with zero attached hydrogens (tertiary/aromatic N) is 2. The number of hydrogen-bond acceptors (Lipinski definition) is 4. The van der Waals surface area contributed by atoms with Crippen molar-refractivity contribution in [3.8, 4) is 0 Å². The molecule has 0 aromatic rings. The number of nitrogens with one attached hydrogen (secondary N) is 1. The van der Waals surface area contributed by atoms with Crippen LogP contribution in [0.15, 0.2) is 0 Å². The number of unbranched alkanes of at least 4 members (excludes halogenated alkanes) is 1. The summed E-state index contributed by atoms with van der Waals surface area (Å²) < 4.78 is 0. The minimum Gasteiger partial charge on any atom is -0.480 e. The fourth-order valence-corrected chi connectivity index (χ4v) is 2.81. The highest BCUT2D eigenvalue weighted by Gasteiger charge is 2.30. The zero-order valence-corrected chi connectivity index (χ0v) is 13.5. The van der Waals surface area contributed by atoms with Gasteiger partial charge in [0.15, 0.2) is 0 Å². The van der Waals surface area contributed by atoms with Gasteiger partial charge in [-0.1, -0.05) is 6.92 Å². The van der Waals surface area contributed by atoms with Gasteiger partial charge in [-0.2, -0.15) is 0 Å². The first-order valence-corrected chi connectivity index (χ1v) is 7.78. The molecule has 118 valence electrons. The Bertz CT molecular complexity index is 311. The molecule has 0 radical (unpaired) electrons. The second kappa shape index (κ2) is 7.96. The van der Waals surface area contributed by atoms with Crippen molar-refractivity contribution in [2.24, 2.45) is 0 Å². The van der Waals surface area contributed by atoms with Crippen molar-refractivity contribution in [2.75, 3.05) is 40.3 Å². The Morgan fingerprint density at radius 1 is 1.40 bits per heavy atom. The molecule has 2 atom stereocenters. The summed E-state index contributed by atoms with van der Waals surface area (Å²) in [5.74, 6) is -0.759. The molecule has 0 spiro atoms. The third-order valence-corrected chi connectivity index (χ3v) is 4.76. The van der Waals surface area contributed by atoms with Gasteiger partial charge < -0.3 is 20.2 Å². The van der Waals surface area contributed by atoms with E-state index in [9.17, 15) is 9.90 Å². The molecule has 1 heterocycles. The molecule has 2 unspecified atom stereocenters. The Balaban J connectivity index is 2.26. The maximum absolute atomic E-state index is 11.2. The van der Waals surface area contributed by atoms with Crippen LogP contribution in [-0.4, -0.2) is 72.7 Å². The zero-order valence-electron chi connectivity index (χ0n) is 13.5. The van der Waals surface area contributed by atoms with E-state index in [-0.39, 0.29) is 0 Å². The number of aliphatic carboxylic acids is 1. The van der Waals surface area contributed by atoms with Crippen molar-refractivity contribution in [1.82, 2.24) is 15.1 Å². The number of hydrogen-bond donors (Lipinski definition) is 2. The van der Waals surface area contributed by atoms with E-state index < -0.39 is 11.5 Å². The SMILES string of the molecule is CCC1CN(CCCCC(C)(NC)C(=O)O)CCN1C. The second-order valence-corrected chi connectivity index (χ2v) is 6.19. The summed E-state index contributed by atoms with van der Waals surface area (Å²) in [6.07, 6.45) is 3.91. The van der Waals surface area contributed by atoms with Crippen LogP contribution in [0.25, 0.3) is 0 Å². The van der Waals surface area contributed by atoms with E-state index in [1.54, 1.807) is 14.0 Å². The molecule has 0 aliphatic carbocycles. The highest BCUT2D eigenvalue weighted by molar-refractivity contribution is 5.78. The Labute approximate surface area is 123 Å². The van der Waals surface area contributed by atoms with Gasteiger partial charge in [-0.05, 0) is 53.2 Å². The summed E-state index contributed by atoms with van der Waals surface area (Å²) in [5, 5.41) is 12.1. The molecule has 0 saturated carbocycles. The summed E-state index contributed by atoms with van der Waals surface area (Å²) in [5.41, 5.74) is -0.784. The van der Waals surface area contributed by atoms with E-state index in [1.165, 1.54) is 6.42 Å². The Hall–Kier alpha value is -0.650. The van der Waals surface area contributed by atoms with E-state index in [4.69, 9.17) is 0 Å². The molecule has 20 heavy (non-hydrogen) atoms. The molecule has 1 aliphatic rings. The van der Waals surface area contributed by atoms with Gasteiger partial charge in [0.25, 0.3) is 0 Å². The standard InChI is InChI=1S/C15H31N3O2/c1-5-13-12-18(11-10-17(13)4)9-7-6-8-15(2,16-3)14(19)20/h13,16H,5-12H2,1-4H3,(H,19,20). The Morgan fingerprint density at radius 2 is 2.10 bits per heavy atom. The van der Waals surface area contributed by atoms with Crippen molar-refractivity contribution in [3.05, 3.63) is 0 Å². The van der Waals surface area contributed by atoms with E-state index in [0.29, 0.717) is 12.5 Å². The number of carboxylic acids is 1. The second-order valence-electron chi connectivity index (χ2n) is 6.19. The highest BCUT2D eigenvalue weighted by atomic mass is 16.4. The van der Waals surface area contributed by atoms with Crippen LogP contribution in [0, 0.1) is 0 Å². The minimum atomic E-state index is -0.784. The number of piperazine rings is 1. The van der Waals surface area contributed by atoms with Gasteiger partial charge in [0.1, 0.15) is 5.54 Å². The van der Waals surface area contributed by atoms with Crippen molar-refractivity contribution in [2.45, 2.75) is 51.1 Å². The molecule has 1 rings (SSSR count). The van der Waals surface area contributed by atoms with Gasteiger partial charge in [-0.25, -0.2) is 0 Å². The third kappa shape index (κ3) is 4.72. The first-order chi connectivity index (χ1) is 9.42. The molecule has 5 heteroatoms. The monoisotopic (exact) mass is 285 g/mol. The average Bonchev–Trinajstić information content (AvgIpc) is 2.44. The van der Waals surface area contributed by atoms with Crippen LogP contribution in [0.3, 0.4) is 0 Å². The Kier molecular flexibility index (Phi) is 6.92. The predicted molar refractivity (Wildman–Crippen MR) is 82.1 cm³/mol. The van der Waals surface area contributed by atoms with Crippen LogP contribution in [0.2, 0.25) is 0 Å². The maximum atomic E-state index is 11.2. The lowest BCUT2D eigenvalue weighted by Gasteiger charge is -2.39. The van der Waals surface area contributed by atoms with E-state index >= 15 is 0 Å². The van der Waals surface area contributed by atoms with Crippen molar-refractivity contribution >= 4 is 5.97 Å². The van der Waals surface area contributed by atoms with Gasteiger partial charge in [-0.15, -0.1) is 0 Å². The van der Waals surface area contributed by atoms with Crippen LogP contribution >= 0.6 is 0 Å². The van der Waals surface area contributed by atoms with Crippen LogP contribution in [0.4, 0.5) is 0 Å². The summed E-state index contributed by atoms with van der Waals surface area (Å²) in [6.45, 7) is 8.52. The quantitative estimate of drug-likeness (QED) is 0.657. The maximum Gasteiger partial charge on any atom is 0.323 e. The van der Waals surface area contributed by atoms with Crippen LogP contribution < -0.4 is 5.32 Å². The lowest BCUT2D eigenvalue weighted by Crippen LogP contribution is -2.51. The smallest absolute Gasteiger partial charge is 0.323 e. The number of likely N-dealkylation sites (N-methyl/N-ethyl adjacent to an activating group) is 2. The summed E-state index contributed by atoms with van der Waals surface area (Å²) in [4.78, 5) is 16.2. The van der Waals surface area contributed by atoms with Crippen molar-refractivity contribution in [1.29, 1.82) is 0 Å². The van der Waals surface area contributed by atoms with Crippen LogP contribution in [0.5, 0.6) is 0 Å². The van der Waals surface area contributed by atoms with Gasteiger partial charge in [0, 0.05) is 25.7 Å². The average molecular weight is 285 g/mol. The third-order valence-electron chi connectivity index (χ3n) is 4.76. The molecule has 0 aromatic carbocycles. The molecule has 1 fully saturated rings. The van der Waals surface area contributed by atoms with E-state index in [0.717, 1.165) is 39.0 Å². The van der Waals surface area contributed by atoms with E-state index in [1.807, 2.05) is 0 Å². The fraction of sp³-hybridized carbons (Fsp3) is 0.933. The zero-order chi connectivity index (χ0) is 15.2. The topological polar surface area (TPSA) is 55.8 Å². The molecule has 5 nitrogen and oxygen atoms in total. The molecular weight excluding hydrogens is 254 g/mol. The normalized spacial score (nSPS) is 24.5. The van der Waals surface area contributed by atoms with Gasteiger partial charge in [0.2, 0.25) is 0 Å². The molecule has 1 aliphatic heterocycles. The van der Waals surface area contributed by atoms with Crippen molar-refractivity contribution < 1.29 is 9.90 Å². The van der Waals surface area contributed by atoms with Crippen molar-refractivity contribution in [3.63, 3.8) is 0 Å². The fourth-order valence-electron chi connectivity index (χ4n) is 2.81. The molecule has 2 N–H and O–H groups in total. The molecule has 0 bridgehead atoms. The number of rotatable bonds is 8. The van der Waals surface area contributed by atoms with Crippen LogP contribution in [-0.2, 0) is 4.79 Å². The van der Waals surface area contributed by atoms with Gasteiger partial charge >= 0.3 is 5.97 Å². The lowest BCUT2D eigenvalue weighted by atomic mass is 9.95. The minimum absolute atomic E-state index is 0.672. The summed E-state index contributed by atoms with van der Waals surface area (Å²) in [6, 6.07) is 0.672. The largest absolute Gasteiger partial charge is 0.480 e. The van der Waals surface area contributed by atoms with Gasteiger partial charge in [-0.3, -0.25) is 4.79 Å². The molecule has 0 aromatic heterocycles.